The molecule has 0 fully saturated rings. The zero-order chi connectivity index (χ0) is 13.5. The Kier molecular flexibility index (Phi) is 4.86. The second kappa shape index (κ2) is 6.85. The monoisotopic (exact) mass is 261 g/mol. The molecule has 0 saturated carbocycles. The summed E-state index contributed by atoms with van der Waals surface area (Å²) < 4.78 is 16.3. The van der Waals surface area contributed by atoms with E-state index in [9.17, 15) is 0 Å². The van der Waals surface area contributed by atoms with Crippen LogP contribution < -0.4 is 14.8 Å². The molecular formula is C15H19NO3. The predicted molar refractivity (Wildman–Crippen MR) is 73.4 cm³/mol. The molecule has 0 aliphatic carbocycles. The van der Waals surface area contributed by atoms with E-state index in [0.717, 1.165) is 35.9 Å². The fourth-order valence-corrected chi connectivity index (χ4v) is 1.74. The van der Waals surface area contributed by atoms with E-state index < -0.39 is 0 Å². The van der Waals surface area contributed by atoms with Gasteiger partial charge in [-0.25, -0.2) is 0 Å². The Labute approximate surface area is 113 Å². The molecule has 1 aromatic carbocycles. The average molecular weight is 261 g/mol. The molecule has 2 aromatic rings. The van der Waals surface area contributed by atoms with Crippen LogP contribution in [0.4, 0.5) is 0 Å². The summed E-state index contributed by atoms with van der Waals surface area (Å²) >= 11 is 0. The summed E-state index contributed by atoms with van der Waals surface area (Å²) in [7, 11) is 1.64. The summed E-state index contributed by atoms with van der Waals surface area (Å²) in [6, 6.07) is 9.51. The number of ether oxygens (including phenoxy) is 2. The number of nitrogens with one attached hydrogen (secondary N) is 1. The quantitative estimate of drug-likeness (QED) is 0.832. The van der Waals surface area contributed by atoms with Gasteiger partial charge < -0.3 is 19.2 Å². The van der Waals surface area contributed by atoms with Crippen molar-refractivity contribution in [1.29, 1.82) is 0 Å². The molecule has 19 heavy (non-hydrogen) atoms. The van der Waals surface area contributed by atoms with E-state index in [-0.39, 0.29) is 0 Å². The van der Waals surface area contributed by atoms with Gasteiger partial charge in [0.15, 0.2) is 0 Å². The molecule has 0 saturated heterocycles. The van der Waals surface area contributed by atoms with Crippen LogP contribution in [0, 0.1) is 0 Å². The summed E-state index contributed by atoms with van der Waals surface area (Å²) in [5.41, 5.74) is 1.06. The summed E-state index contributed by atoms with van der Waals surface area (Å²) in [6.45, 7) is 4.19. The first-order valence-corrected chi connectivity index (χ1v) is 6.36. The van der Waals surface area contributed by atoms with Gasteiger partial charge in [0, 0.05) is 11.6 Å². The second-order valence-electron chi connectivity index (χ2n) is 4.12. The van der Waals surface area contributed by atoms with Crippen molar-refractivity contribution in [3.63, 3.8) is 0 Å². The fraction of sp³-hybridized carbons (Fsp3) is 0.333. The average Bonchev–Trinajstić information content (AvgIpc) is 2.90. The Bertz CT molecular complexity index is 508. The number of hydrogen-bond donors (Lipinski definition) is 1. The first-order valence-electron chi connectivity index (χ1n) is 6.36. The number of methoxy groups -OCH3 is 1. The molecule has 4 heteroatoms. The van der Waals surface area contributed by atoms with Crippen LogP contribution in [0.2, 0.25) is 0 Å². The van der Waals surface area contributed by atoms with Gasteiger partial charge in [0.1, 0.15) is 23.9 Å². The minimum atomic E-state index is 0.490. The van der Waals surface area contributed by atoms with Crippen LogP contribution in [0.15, 0.2) is 41.0 Å². The molecule has 0 aliphatic rings. The second-order valence-corrected chi connectivity index (χ2v) is 4.12. The molecule has 1 N–H and O–H groups in total. The van der Waals surface area contributed by atoms with Crippen molar-refractivity contribution in [3.8, 4) is 11.5 Å². The third-order valence-electron chi connectivity index (χ3n) is 2.81. The van der Waals surface area contributed by atoms with Crippen LogP contribution in [-0.4, -0.2) is 13.7 Å². The molecule has 1 aromatic heterocycles. The maximum atomic E-state index is 5.75. The summed E-state index contributed by atoms with van der Waals surface area (Å²) in [4.78, 5) is 0. The van der Waals surface area contributed by atoms with Crippen molar-refractivity contribution in [2.24, 2.45) is 0 Å². The number of hydrogen-bond acceptors (Lipinski definition) is 4. The topological polar surface area (TPSA) is 43.6 Å². The lowest BCUT2D eigenvalue weighted by molar-refractivity contribution is 0.299. The lowest BCUT2D eigenvalue weighted by atomic mass is 10.2. The van der Waals surface area contributed by atoms with Gasteiger partial charge in [-0.15, -0.1) is 0 Å². The van der Waals surface area contributed by atoms with Crippen LogP contribution in [0.5, 0.6) is 11.5 Å². The Balaban J connectivity index is 1.96. The van der Waals surface area contributed by atoms with Gasteiger partial charge in [0.2, 0.25) is 0 Å². The maximum absolute atomic E-state index is 5.75. The highest BCUT2D eigenvalue weighted by Crippen LogP contribution is 2.21. The molecule has 0 unspecified atom stereocenters. The largest absolute Gasteiger partial charge is 0.497 e. The van der Waals surface area contributed by atoms with Gasteiger partial charge >= 0.3 is 0 Å². The van der Waals surface area contributed by atoms with Crippen molar-refractivity contribution in [1.82, 2.24) is 5.32 Å². The van der Waals surface area contributed by atoms with Crippen molar-refractivity contribution >= 4 is 0 Å². The maximum Gasteiger partial charge on any atom is 0.124 e. The molecule has 0 radical (unpaired) electrons. The minimum absolute atomic E-state index is 0.490. The zero-order valence-electron chi connectivity index (χ0n) is 11.3. The third-order valence-corrected chi connectivity index (χ3v) is 2.81. The van der Waals surface area contributed by atoms with Gasteiger partial charge in [0.25, 0.3) is 0 Å². The lowest BCUT2D eigenvalue weighted by Gasteiger charge is -2.08. The summed E-state index contributed by atoms with van der Waals surface area (Å²) in [6.07, 6.45) is 1.69. The van der Waals surface area contributed by atoms with E-state index in [1.807, 2.05) is 30.3 Å². The molecule has 2 rings (SSSR count). The fourth-order valence-electron chi connectivity index (χ4n) is 1.74. The van der Waals surface area contributed by atoms with Crippen LogP contribution in [0.1, 0.15) is 18.2 Å². The molecule has 0 spiro atoms. The molecule has 0 amide bonds. The lowest BCUT2D eigenvalue weighted by Crippen LogP contribution is -2.12. The SMILES string of the molecule is CCNCc1occc1COc1cccc(OC)c1. The zero-order valence-corrected chi connectivity index (χ0v) is 11.3. The van der Waals surface area contributed by atoms with Crippen LogP contribution in [0.25, 0.3) is 0 Å². The number of furan rings is 1. The highest BCUT2D eigenvalue weighted by Gasteiger charge is 2.06. The molecule has 0 bridgehead atoms. The first kappa shape index (κ1) is 13.5. The van der Waals surface area contributed by atoms with Crippen LogP contribution in [0.3, 0.4) is 0 Å². The number of rotatable bonds is 7. The Morgan fingerprint density at radius 3 is 2.84 bits per heavy atom. The Morgan fingerprint density at radius 2 is 2.05 bits per heavy atom. The van der Waals surface area contributed by atoms with Gasteiger partial charge in [-0.05, 0) is 24.7 Å². The van der Waals surface area contributed by atoms with Crippen molar-refractivity contribution in [2.45, 2.75) is 20.1 Å². The van der Waals surface area contributed by atoms with E-state index in [0.29, 0.717) is 6.61 Å². The Hall–Kier alpha value is -1.94. The molecule has 0 atom stereocenters. The van der Waals surface area contributed by atoms with E-state index >= 15 is 0 Å². The number of benzene rings is 1. The van der Waals surface area contributed by atoms with Crippen molar-refractivity contribution in [3.05, 3.63) is 47.9 Å². The molecule has 1 heterocycles. The molecule has 0 aliphatic heterocycles. The molecular weight excluding hydrogens is 242 g/mol. The minimum Gasteiger partial charge on any atom is -0.497 e. The summed E-state index contributed by atoms with van der Waals surface area (Å²) in [5.74, 6) is 2.50. The van der Waals surface area contributed by atoms with E-state index in [4.69, 9.17) is 13.9 Å². The standard InChI is InChI=1S/C15H19NO3/c1-3-16-10-15-12(7-8-18-15)11-19-14-6-4-5-13(9-14)17-2/h4-9,16H,3,10-11H2,1-2H3. The highest BCUT2D eigenvalue weighted by molar-refractivity contribution is 5.33. The van der Waals surface area contributed by atoms with Crippen LogP contribution in [-0.2, 0) is 13.2 Å². The van der Waals surface area contributed by atoms with Gasteiger partial charge in [-0.3, -0.25) is 0 Å². The van der Waals surface area contributed by atoms with Crippen molar-refractivity contribution < 1.29 is 13.9 Å². The van der Waals surface area contributed by atoms with Gasteiger partial charge in [-0.2, -0.15) is 0 Å². The van der Waals surface area contributed by atoms with Crippen molar-refractivity contribution in [2.75, 3.05) is 13.7 Å². The molecule has 4 nitrogen and oxygen atoms in total. The van der Waals surface area contributed by atoms with E-state index in [2.05, 4.69) is 12.2 Å². The van der Waals surface area contributed by atoms with Gasteiger partial charge in [-0.1, -0.05) is 13.0 Å². The smallest absolute Gasteiger partial charge is 0.124 e. The first-order chi connectivity index (χ1) is 9.33. The van der Waals surface area contributed by atoms with Crippen LogP contribution >= 0.6 is 0 Å². The third kappa shape index (κ3) is 3.76. The Morgan fingerprint density at radius 1 is 1.21 bits per heavy atom. The normalized spacial score (nSPS) is 10.4. The summed E-state index contributed by atoms with van der Waals surface area (Å²) in [5, 5.41) is 3.24. The van der Waals surface area contributed by atoms with E-state index in [1.165, 1.54) is 0 Å². The predicted octanol–water partition coefficient (Wildman–Crippen LogP) is 2.98. The molecule has 102 valence electrons. The van der Waals surface area contributed by atoms with E-state index in [1.54, 1.807) is 13.4 Å². The highest BCUT2D eigenvalue weighted by atomic mass is 16.5. The van der Waals surface area contributed by atoms with Gasteiger partial charge in [0.05, 0.1) is 19.9 Å².